The van der Waals surface area contributed by atoms with E-state index < -0.39 is 23.9 Å². The summed E-state index contributed by atoms with van der Waals surface area (Å²) in [6.45, 7) is 1.68. The van der Waals surface area contributed by atoms with Gasteiger partial charge < -0.3 is 15.4 Å². The van der Waals surface area contributed by atoms with Gasteiger partial charge in [-0.3, -0.25) is 0 Å². The van der Waals surface area contributed by atoms with Crippen LogP contribution in [0, 0.1) is 5.82 Å². The Balaban J connectivity index is 1.75. The Hall–Kier alpha value is -3.60. The zero-order chi connectivity index (χ0) is 21.0. The van der Waals surface area contributed by atoms with Gasteiger partial charge in [-0.05, 0) is 25.1 Å². The minimum Gasteiger partial charge on any atom is -0.465 e. The van der Waals surface area contributed by atoms with Crippen molar-refractivity contribution in [2.24, 2.45) is 0 Å². The van der Waals surface area contributed by atoms with E-state index in [1.807, 2.05) is 0 Å². The van der Waals surface area contributed by atoms with Gasteiger partial charge in [0.2, 0.25) is 0 Å². The molecule has 0 saturated heterocycles. The minimum absolute atomic E-state index is 0.0334. The average molecular weight is 420 g/mol. The maximum absolute atomic E-state index is 13.9. The molecular weight excluding hydrogens is 405 g/mol. The second-order valence-electron chi connectivity index (χ2n) is 5.70. The first kappa shape index (κ1) is 20.1. The number of nitrogens with one attached hydrogen (secondary N) is 2. The summed E-state index contributed by atoms with van der Waals surface area (Å²) in [5, 5.41) is 9.08. The van der Waals surface area contributed by atoms with E-state index in [9.17, 15) is 14.0 Å². The van der Waals surface area contributed by atoms with Gasteiger partial charge in [0.15, 0.2) is 5.82 Å². The fraction of sp³-hybridized carbons (Fsp3) is 0.176. The first-order chi connectivity index (χ1) is 13.9. The predicted octanol–water partition coefficient (Wildman–Crippen LogP) is 2.52. The van der Waals surface area contributed by atoms with Crippen molar-refractivity contribution in [1.29, 1.82) is 0 Å². The standard InChI is InChI=1S/C17H15ClFN7O3/c1-9(14-22-8-23-26(14)16-20-4-3-5-21-16)24-17(28)25-13-6-10(15(27)29-2)12(19)7-11(13)18/h3-9H,1-2H3,(H2,24,25,28). The molecule has 0 saturated carbocycles. The van der Waals surface area contributed by atoms with Crippen LogP contribution in [0.15, 0.2) is 36.9 Å². The van der Waals surface area contributed by atoms with Gasteiger partial charge >= 0.3 is 12.0 Å². The maximum Gasteiger partial charge on any atom is 0.340 e. The molecule has 0 bridgehead atoms. The molecule has 3 aromatic rings. The zero-order valence-corrected chi connectivity index (χ0v) is 16.0. The van der Waals surface area contributed by atoms with Gasteiger partial charge in [-0.15, -0.1) is 0 Å². The van der Waals surface area contributed by atoms with E-state index in [2.05, 4.69) is 35.4 Å². The maximum atomic E-state index is 13.9. The number of carbonyl (C=O) groups is 2. The molecule has 1 aromatic carbocycles. The fourth-order valence-electron chi connectivity index (χ4n) is 2.43. The number of nitrogens with zero attached hydrogens (tertiary/aromatic N) is 5. The molecule has 12 heteroatoms. The van der Waals surface area contributed by atoms with Crippen LogP contribution < -0.4 is 10.6 Å². The number of hydrogen-bond acceptors (Lipinski definition) is 7. The molecule has 0 radical (unpaired) electrons. The van der Waals surface area contributed by atoms with E-state index in [-0.39, 0.29) is 16.3 Å². The number of methoxy groups -OCH3 is 1. The van der Waals surface area contributed by atoms with Crippen LogP contribution in [0.3, 0.4) is 0 Å². The number of aromatic nitrogens is 5. The van der Waals surface area contributed by atoms with Crippen molar-refractivity contribution in [2.45, 2.75) is 13.0 Å². The van der Waals surface area contributed by atoms with E-state index in [1.165, 1.54) is 11.0 Å². The van der Waals surface area contributed by atoms with Crippen molar-refractivity contribution < 1.29 is 18.7 Å². The number of halogens is 2. The molecule has 2 N–H and O–H groups in total. The van der Waals surface area contributed by atoms with E-state index in [0.717, 1.165) is 19.2 Å². The summed E-state index contributed by atoms with van der Waals surface area (Å²) >= 11 is 5.96. The van der Waals surface area contributed by atoms with E-state index in [1.54, 1.807) is 25.4 Å². The third-order valence-corrected chi connectivity index (χ3v) is 4.07. The molecular formula is C17H15ClFN7O3. The topological polar surface area (TPSA) is 124 Å². The van der Waals surface area contributed by atoms with E-state index in [0.29, 0.717) is 11.8 Å². The Labute approximate surface area is 169 Å². The van der Waals surface area contributed by atoms with Crippen molar-refractivity contribution in [3.05, 3.63) is 59.1 Å². The summed E-state index contributed by atoms with van der Waals surface area (Å²) in [7, 11) is 1.12. The van der Waals surface area contributed by atoms with Gasteiger partial charge in [0.05, 0.1) is 29.4 Å². The molecule has 29 heavy (non-hydrogen) atoms. The van der Waals surface area contributed by atoms with Crippen LogP contribution in [0.5, 0.6) is 0 Å². The Morgan fingerprint density at radius 3 is 2.66 bits per heavy atom. The van der Waals surface area contributed by atoms with Crippen molar-refractivity contribution in [2.75, 3.05) is 12.4 Å². The molecule has 150 valence electrons. The Morgan fingerprint density at radius 1 is 1.24 bits per heavy atom. The number of rotatable bonds is 5. The number of ether oxygens (including phenoxy) is 1. The van der Waals surface area contributed by atoms with E-state index >= 15 is 0 Å². The number of carbonyl (C=O) groups excluding carboxylic acids is 2. The van der Waals surface area contributed by atoms with Crippen LogP contribution in [-0.2, 0) is 4.74 Å². The van der Waals surface area contributed by atoms with Gasteiger partial charge in [0, 0.05) is 12.4 Å². The highest BCUT2D eigenvalue weighted by atomic mass is 35.5. The lowest BCUT2D eigenvalue weighted by Crippen LogP contribution is -2.33. The monoisotopic (exact) mass is 419 g/mol. The van der Waals surface area contributed by atoms with Crippen LogP contribution in [0.25, 0.3) is 5.95 Å². The molecule has 1 atom stereocenters. The number of esters is 1. The smallest absolute Gasteiger partial charge is 0.340 e. The number of anilines is 1. The zero-order valence-electron chi connectivity index (χ0n) is 15.3. The molecule has 0 aliphatic heterocycles. The summed E-state index contributed by atoms with van der Waals surface area (Å²) in [4.78, 5) is 36.3. The van der Waals surface area contributed by atoms with Crippen LogP contribution in [0.4, 0.5) is 14.9 Å². The lowest BCUT2D eigenvalue weighted by Gasteiger charge is -2.15. The molecule has 2 amide bonds. The summed E-state index contributed by atoms with van der Waals surface area (Å²) in [6, 6.07) is 2.40. The predicted molar refractivity (Wildman–Crippen MR) is 100 cm³/mol. The van der Waals surface area contributed by atoms with Crippen LogP contribution in [0.2, 0.25) is 5.02 Å². The SMILES string of the molecule is COC(=O)c1cc(NC(=O)NC(C)c2ncnn2-c2ncccn2)c(Cl)cc1F. The molecule has 2 aromatic heterocycles. The van der Waals surface area contributed by atoms with Gasteiger partial charge in [-0.2, -0.15) is 9.78 Å². The normalized spacial score (nSPS) is 11.6. The molecule has 10 nitrogen and oxygen atoms in total. The van der Waals surface area contributed by atoms with Crippen molar-refractivity contribution in [3.63, 3.8) is 0 Å². The highest BCUT2D eigenvalue weighted by Crippen LogP contribution is 2.26. The number of urea groups is 1. The average Bonchev–Trinajstić information content (AvgIpc) is 3.20. The van der Waals surface area contributed by atoms with Gasteiger partial charge in [0.25, 0.3) is 5.95 Å². The summed E-state index contributed by atoms with van der Waals surface area (Å²) in [5.74, 6) is -1.09. The van der Waals surface area contributed by atoms with Crippen molar-refractivity contribution in [3.8, 4) is 5.95 Å². The van der Waals surface area contributed by atoms with Crippen molar-refractivity contribution in [1.82, 2.24) is 30.0 Å². The first-order valence-corrected chi connectivity index (χ1v) is 8.60. The van der Waals surface area contributed by atoms with Crippen LogP contribution in [0.1, 0.15) is 29.1 Å². The fourth-order valence-corrected chi connectivity index (χ4v) is 2.63. The lowest BCUT2D eigenvalue weighted by atomic mass is 10.2. The summed E-state index contributed by atoms with van der Waals surface area (Å²) < 4.78 is 19.7. The molecule has 0 aliphatic carbocycles. The molecule has 2 heterocycles. The molecule has 0 spiro atoms. The summed E-state index contributed by atoms with van der Waals surface area (Å²) in [5.41, 5.74) is -0.327. The van der Waals surface area contributed by atoms with Crippen LogP contribution in [-0.4, -0.2) is 43.8 Å². The second kappa shape index (κ2) is 8.61. The third kappa shape index (κ3) is 4.46. The van der Waals surface area contributed by atoms with Gasteiger partial charge in [0.1, 0.15) is 12.1 Å². The largest absolute Gasteiger partial charge is 0.465 e. The highest BCUT2D eigenvalue weighted by Gasteiger charge is 2.20. The highest BCUT2D eigenvalue weighted by molar-refractivity contribution is 6.33. The first-order valence-electron chi connectivity index (χ1n) is 8.23. The minimum atomic E-state index is -0.896. The Morgan fingerprint density at radius 2 is 1.97 bits per heavy atom. The third-order valence-electron chi connectivity index (χ3n) is 3.76. The van der Waals surface area contributed by atoms with Crippen LogP contribution >= 0.6 is 11.6 Å². The number of amides is 2. The Kier molecular flexibility index (Phi) is 5.98. The quantitative estimate of drug-likeness (QED) is 0.609. The lowest BCUT2D eigenvalue weighted by molar-refractivity contribution is 0.0595. The van der Waals surface area contributed by atoms with Gasteiger partial charge in [-0.1, -0.05) is 11.6 Å². The molecule has 1 unspecified atom stereocenters. The number of benzene rings is 1. The second-order valence-corrected chi connectivity index (χ2v) is 6.11. The molecule has 3 rings (SSSR count). The number of hydrogen-bond donors (Lipinski definition) is 2. The van der Waals surface area contributed by atoms with E-state index in [4.69, 9.17) is 11.6 Å². The molecule has 0 fully saturated rings. The summed E-state index contributed by atoms with van der Waals surface area (Å²) in [6.07, 6.45) is 4.41. The molecule has 0 aliphatic rings. The van der Waals surface area contributed by atoms with Crippen molar-refractivity contribution >= 4 is 29.3 Å². The Bertz CT molecular complexity index is 1040. The van der Waals surface area contributed by atoms with Gasteiger partial charge in [-0.25, -0.2) is 28.9 Å².